The van der Waals surface area contributed by atoms with Gasteiger partial charge < -0.3 is 14.9 Å². The molecule has 148 valence electrons. The third-order valence-electron chi connectivity index (χ3n) is 3.98. The molecule has 0 saturated heterocycles. The van der Waals surface area contributed by atoms with Gasteiger partial charge >= 0.3 is 6.18 Å². The fourth-order valence-corrected chi connectivity index (χ4v) is 2.61. The molecule has 1 aromatic heterocycles. The van der Waals surface area contributed by atoms with Gasteiger partial charge in [0.05, 0.1) is 24.3 Å². The lowest BCUT2D eigenvalue weighted by molar-refractivity contribution is -0.137. The molecule has 0 aliphatic carbocycles. The number of benzene rings is 2. The van der Waals surface area contributed by atoms with Gasteiger partial charge in [-0.1, -0.05) is 0 Å². The molecule has 0 spiro atoms. The number of phenolic OH excluding ortho intramolecular Hbond substituents is 2. The molecule has 0 aliphatic heterocycles. The number of methoxy groups -OCH3 is 1. The fraction of sp³-hybridized carbons (Fsp3) is 0.235. The van der Waals surface area contributed by atoms with Gasteiger partial charge in [-0.3, -0.25) is 0 Å². The standard InChI is InChI=1S/C17H14F4N4O3/c1-28-5-4-25-16(22-23-24-25)12-7-11(14(26)8-15(12)27)10-6-9(17(19,20)21)2-3-13(10)18/h2-3,6-8,26-27H,4-5H2,1H3. The molecule has 1 heterocycles. The van der Waals surface area contributed by atoms with Gasteiger partial charge in [-0.05, 0) is 34.7 Å². The Kier molecular flexibility index (Phi) is 5.18. The quantitative estimate of drug-likeness (QED) is 0.641. The van der Waals surface area contributed by atoms with E-state index >= 15 is 0 Å². The maximum Gasteiger partial charge on any atom is 0.416 e. The van der Waals surface area contributed by atoms with Gasteiger partial charge in [-0.25, -0.2) is 9.07 Å². The highest BCUT2D eigenvalue weighted by Gasteiger charge is 2.31. The highest BCUT2D eigenvalue weighted by molar-refractivity contribution is 5.79. The monoisotopic (exact) mass is 398 g/mol. The van der Waals surface area contributed by atoms with Gasteiger partial charge in [0.1, 0.15) is 17.3 Å². The van der Waals surface area contributed by atoms with E-state index in [-0.39, 0.29) is 30.1 Å². The van der Waals surface area contributed by atoms with E-state index in [1.54, 1.807) is 0 Å². The maximum atomic E-state index is 14.2. The topological polar surface area (TPSA) is 93.3 Å². The summed E-state index contributed by atoms with van der Waals surface area (Å²) in [5.41, 5.74) is -1.81. The van der Waals surface area contributed by atoms with E-state index in [1.165, 1.54) is 11.8 Å². The van der Waals surface area contributed by atoms with E-state index in [1.807, 2.05) is 0 Å². The number of alkyl halides is 3. The van der Waals surface area contributed by atoms with Crippen molar-refractivity contribution < 1.29 is 32.5 Å². The molecule has 7 nitrogen and oxygen atoms in total. The Morgan fingerprint density at radius 1 is 1.04 bits per heavy atom. The molecular formula is C17H14F4N4O3. The van der Waals surface area contributed by atoms with Crippen molar-refractivity contribution >= 4 is 0 Å². The molecule has 28 heavy (non-hydrogen) atoms. The number of tetrazole rings is 1. The van der Waals surface area contributed by atoms with Crippen LogP contribution >= 0.6 is 0 Å². The van der Waals surface area contributed by atoms with Crippen LogP contribution in [0.4, 0.5) is 17.6 Å². The first kappa shape index (κ1) is 19.5. The van der Waals surface area contributed by atoms with Crippen LogP contribution in [-0.2, 0) is 17.5 Å². The summed E-state index contributed by atoms with van der Waals surface area (Å²) in [7, 11) is 1.47. The molecule has 3 aromatic rings. The highest BCUT2D eigenvalue weighted by Crippen LogP contribution is 2.41. The fourth-order valence-electron chi connectivity index (χ4n) is 2.61. The Labute approximate surface area is 155 Å². The average molecular weight is 398 g/mol. The van der Waals surface area contributed by atoms with Crippen molar-refractivity contribution in [3.63, 3.8) is 0 Å². The summed E-state index contributed by atoms with van der Waals surface area (Å²) >= 11 is 0. The number of phenols is 2. The molecule has 0 unspecified atom stereocenters. The van der Waals surface area contributed by atoms with Crippen LogP contribution < -0.4 is 0 Å². The van der Waals surface area contributed by atoms with Crippen LogP contribution in [0.25, 0.3) is 22.5 Å². The molecule has 0 amide bonds. The first-order valence-electron chi connectivity index (χ1n) is 7.91. The minimum Gasteiger partial charge on any atom is -0.507 e. The van der Waals surface area contributed by atoms with Crippen molar-refractivity contribution in [2.45, 2.75) is 12.7 Å². The van der Waals surface area contributed by atoms with Crippen molar-refractivity contribution in [1.82, 2.24) is 20.2 Å². The normalized spacial score (nSPS) is 11.8. The van der Waals surface area contributed by atoms with Crippen molar-refractivity contribution in [3.05, 3.63) is 41.7 Å². The lowest BCUT2D eigenvalue weighted by Gasteiger charge is -2.13. The van der Waals surface area contributed by atoms with Crippen LogP contribution in [0.3, 0.4) is 0 Å². The lowest BCUT2D eigenvalue weighted by atomic mass is 9.98. The highest BCUT2D eigenvalue weighted by atomic mass is 19.4. The summed E-state index contributed by atoms with van der Waals surface area (Å²) in [6.07, 6.45) is -4.69. The Balaban J connectivity index is 2.15. The van der Waals surface area contributed by atoms with Gasteiger partial charge in [0.15, 0.2) is 5.82 Å². The predicted octanol–water partition coefficient (Wildman–Crippen LogP) is 3.22. The molecule has 0 radical (unpaired) electrons. The zero-order valence-corrected chi connectivity index (χ0v) is 14.4. The largest absolute Gasteiger partial charge is 0.507 e. The molecule has 0 saturated carbocycles. The molecule has 3 rings (SSSR count). The van der Waals surface area contributed by atoms with Crippen LogP contribution in [0, 0.1) is 5.82 Å². The number of hydrogen-bond acceptors (Lipinski definition) is 6. The first-order chi connectivity index (χ1) is 13.2. The Bertz CT molecular complexity index is 1000. The second kappa shape index (κ2) is 7.43. The van der Waals surface area contributed by atoms with Gasteiger partial charge in [-0.15, -0.1) is 5.10 Å². The number of aromatic nitrogens is 4. The number of halogens is 4. The van der Waals surface area contributed by atoms with Gasteiger partial charge in [0, 0.05) is 24.3 Å². The Morgan fingerprint density at radius 3 is 2.43 bits per heavy atom. The van der Waals surface area contributed by atoms with Gasteiger partial charge in [-0.2, -0.15) is 13.2 Å². The van der Waals surface area contributed by atoms with Crippen LogP contribution in [0.5, 0.6) is 11.5 Å². The molecule has 0 fully saturated rings. The number of nitrogens with zero attached hydrogens (tertiary/aromatic N) is 4. The zero-order chi connectivity index (χ0) is 20.5. The molecule has 2 N–H and O–H groups in total. The molecule has 0 aliphatic rings. The van der Waals surface area contributed by atoms with Gasteiger partial charge in [0.2, 0.25) is 0 Å². The minimum absolute atomic E-state index is 0.00529. The van der Waals surface area contributed by atoms with Crippen LogP contribution in [0.1, 0.15) is 5.56 Å². The third kappa shape index (κ3) is 3.74. The van der Waals surface area contributed by atoms with Gasteiger partial charge in [0.25, 0.3) is 0 Å². The van der Waals surface area contributed by atoms with E-state index < -0.39 is 34.6 Å². The first-order valence-corrected chi connectivity index (χ1v) is 7.91. The smallest absolute Gasteiger partial charge is 0.416 e. The van der Waals surface area contributed by atoms with Crippen LogP contribution in [0.2, 0.25) is 0 Å². The zero-order valence-electron chi connectivity index (χ0n) is 14.4. The lowest BCUT2D eigenvalue weighted by Crippen LogP contribution is -2.08. The van der Waals surface area contributed by atoms with Crippen LogP contribution in [-0.4, -0.2) is 44.1 Å². The van der Waals surface area contributed by atoms with E-state index in [0.29, 0.717) is 18.2 Å². The van der Waals surface area contributed by atoms with E-state index in [2.05, 4.69) is 15.5 Å². The number of hydrogen-bond donors (Lipinski definition) is 2. The number of ether oxygens (including phenoxy) is 1. The second-order valence-corrected chi connectivity index (χ2v) is 5.80. The molecule has 0 atom stereocenters. The summed E-state index contributed by atoms with van der Waals surface area (Å²) in [6.45, 7) is 0.485. The summed E-state index contributed by atoms with van der Waals surface area (Å²) in [5.74, 6) is -1.93. The van der Waals surface area contributed by atoms with E-state index in [9.17, 15) is 27.8 Å². The predicted molar refractivity (Wildman–Crippen MR) is 88.9 cm³/mol. The van der Waals surface area contributed by atoms with E-state index in [4.69, 9.17) is 4.74 Å². The number of rotatable bonds is 5. The average Bonchev–Trinajstić information content (AvgIpc) is 3.08. The minimum atomic E-state index is -4.69. The SMILES string of the molecule is COCCn1nnnc1-c1cc(-c2cc(C(F)(F)F)ccc2F)c(O)cc1O. The van der Waals surface area contributed by atoms with Crippen molar-refractivity contribution in [2.24, 2.45) is 0 Å². The van der Waals surface area contributed by atoms with Crippen molar-refractivity contribution in [2.75, 3.05) is 13.7 Å². The van der Waals surface area contributed by atoms with E-state index in [0.717, 1.165) is 12.1 Å². The second-order valence-electron chi connectivity index (χ2n) is 5.80. The summed E-state index contributed by atoms with van der Waals surface area (Å²) < 4.78 is 59.4. The molecule has 0 bridgehead atoms. The maximum absolute atomic E-state index is 14.2. The number of aromatic hydroxyl groups is 2. The Hall–Kier alpha value is -3.21. The molecule has 11 heteroatoms. The van der Waals surface area contributed by atoms with Crippen LogP contribution in [0.15, 0.2) is 30.3 Å². The molecule has 2 aromatic carbocycles. The van der Waals surface area contributed by atoms with Crippen molar-refractivity contribution in [3.8, 4) is 34.0 Å². The Morgan fingerprint density at radius 2 is 1.75 bits per heavy atom. The molecular weight excluding hydrogens is 384 g/mol. The van der Waals surface area contributed by atoms with Crippen molar-refractivity contribution in [1.29, 1.82) is 0 Å². The summed E-state index contributed by atoms with van der Waals surface area (Å²) in [5, 5.41) is 31.3. The third-order valence-corrected chi connectivity index (χ3v) is 3.98. The summed E-state index contributed by atoms with van der Waals surface area (Å²) in [6, 6.07) is 3.85. The summed E-state index contributed by atoms with van der Waals surface area (Å²) in [4.78, 5) is 0.